The van der Waals surface area contributed by atoms with Crippen molar-refractivity contribution in [1.29, 1.82) is 0 Å². The molecule has 9 aromatic rings. The summed E-state index contributed by atoms with van der Waals surface area (Å²) in [6.07, 6.45) is 2.21. The Morgan fingerprint density at radius 2 is 0.854 bits per heavy atom. The lowest BCUT2D eigenvalue weighted by Gasteiger charge is -2.17. The maximum atomic E-state index is 2.38. The zero-order valence-electron chi connectivity index (χ0n) is 22.4. The molecule has 0 aliphatic rings. The molecule has 0 amide bonds. The Labute approximate surface area is 237 Å². The van der Waals surface area contributed by atoms with Crippen LogP contribution < -0.4 is 0 Å². The molecule has 1 nitrogen and oxygen atoms in total. The highest BCUT2D eigenvalue weighted by Crippen LogP contribution is 2.39. The molecule has 190 valence electrons. The second-order valence-corrected chi connectivity index (χ2v) is 11.0. The van der Waals surface area contributed by atoms with E-state index in [0.717, 1.165) is 0 Å². The van der Waals surface area contributed by atoms with Gasteiger partial charge in [-0.3, -0.25) is 0 Å². The van der Waals surface area contributed by atoms with Crippen LogP contribution in [0, 0.1) is 0 Å². The molecule has 0 aliphatic carbocycles. The van der Waals surface area contributed by atoms with Crippen molar-refractivity contribution in [2.24, 2.45) is 0 Å². The summed E-state index contributed by atoms with van der Waals surface area (Å²) in [6, 6.07) is 53.5. The maximum Gasteiger partial charge on any atom is 0.0540 e. The van der Waals surface area contributed by atoms with Crippen LogP contribution in [-0.4, -0.2) is 4.57 Å². The third-order valence-corrected chi connectivity index (χ3v) is 8.71. The minimum atomic E-state index is 1.20. The van der Waals surface area contributed by atoms with Gasteiger partial charge in [-0.2, -0.15) is 0 Å². The highest BCUT2D eigenvalue weighted by atomic mass is 15.0. The summed E-state index contributed by atoms with van der Waals surface area (Å²) in [5.74, 6) is 0. The number of aromatic nitrogens is 1. The van der Waals surface area contributed by atoms with Crippen molar-refractivity contribution in [3.63, 3.8) is 0 Å². The lowest BCUT2D eigenvalue weighted by Crippen LogP contribution is -1.98. The van der Waals surface area contributed by atoms with Crippen LogP contribution in [0.4, 0.5) is 0 Å². The summed E-state index contributed by atoms with van der Waals surface area (Å²) >= 11 is 0. The van der Waals surface area contributed by atoms with Gasteiger partial charge in [0.2, 0.25) is 0 Å². The molecule has 8 aromatic carbocycles. The van der Waals surface area contributed by atoms with Gasteiger partial charge < -0.3 is 4.57 Å². The first-order valence-electron chi connectivity index (χ1n) is 14.2. The van der Waals surface area contributed by atoms with Crippen molar-refractivity contribution >= 4 is 64.6 Å². The Morgan fingerprint density at radius 1 is 0.341 bits per heavy atom. The van der Waals surface area contributed by atoms with Crippen LogP contribution in [0.25, 0.3) is 81.6 Å². The third-order valence-electron chi connectivity index (χ3n) is 8.71. The summed E-state index contributed by atoms with van der Waals surface area (Å²) in [6.45, 7) is 0. The van der Waals surface area contributed by atoms with Crippen molar-refractivity contribution in [2.75, 3.05) is 0 Å². The highest BCUT2D eigenvalue weighted by molar-refractivity contribution is 6.18. The van der Waals surface area contributed by atoms with E-state index in [1.165, 1.54) is 81.6 Å². The smallest absolute Gasteiger partial charge is 0.0540 e. The predicted molar refractivity (Wildman–Crippen MR) is 176 cm³/mol. The van der Waals surface area contributed by atoms with Gasteiger partial charge in [0, 0.05) is 17.1 Å². The molecule has 0 saturated heterocycles. The number of rotatable bonds is 2. The third kappa shape index (κ3) is 3.36. The normalized spacial score (nSPS) is 11.9. The van der Waals surface area contributed by atoms with Crippen LogP contribution in [-0.2, 0) is 0 Å². The molecule has 1 heteroatoms. The van der Waals surface area contributed by atoms with Crippen LogP contribution in [0.2, 0.25) is 0 Å². The van der Waals surface area contributed by atoms with E-state index in [9.17, 15) is 0 Å². The number of nitrogens with zero attached hydrogens (tertiary/aromatic N) is 1. The van der Waals surface area contributed by atoms with Gasteiger partial charge in [0.1, 0.15) is 0 Å². The summed E-state index contributed by atoms with van der Waals surface area (Å²) in [5.41, 5.74) is 3.64. The fourth-order valence-electron chi connectivity index (χ4n) is 6.81. The topological polar surface area (TPSA) is 4.93 Å². The molecule has 0 aliphatic heterocycles. The second-order valence-electron chi connectivity index (χ2n) is 11.0. The minimum absolute atomic E-state index is 1.20. The monoisotopic (exact) mass is 519 g/mol. The van der Waals surface area contributed by atoms with E-state index >= 15 is 0 Å². The first kappa shape index (κ1) is 22.4. The molecule has 0 unspecified atom stereocenters. The van der Waals surface area contributed by atoms with Gasteiger partial charge in [-0.15, -0.1) is 0 Å². The first-order chi connectivity index (χ1) is 20.3. The van der Waals surface area contributed by atoms with Crippen LogP contribution in [0.15, 0.2) is 152 Å². The molecule has 0 radical (unpaired) electrons. The van der Waals surface area contributed by atoms with Crippen LogP contribution >= 0.6 is 0 Å². The van der Waals surface area contributed by atoms with Crippen LogP contribution in [0.1, 0.15) is 0 Å². The van der Waals surface area contributed by atoms with Crippen LogP contribution in [0.3, 0.4) is 0 Å². The highest BCUT2D eigenvalue weighted by Gasteiger charge is 2.15. The molecule has 41 heavy (non-hydrogen) atoms. The van der Waals surface area contributed by atoms with Gasteiger partial charge in [0.15, 0.2) is 0 Å². The van der Waals surface area contributed by atoms with E-state index < -0.39 is 0 Å². The molecule has 0 bridgehead atoms. The zero-order valence-corrected chi connectivity index (χ0v) is 22.4. The van der Waals surface area contributed by atoms with E-state index in [1.807, 2.05) is 0 Å². The largest absolute Gasteiger partial charge is 0.316 e. The fraction of sp³-hybridized carbons (Fsp3) is 0. The Balaban J connectivity index is 1.36. The average molecular weight is 520 g/mol. The van der Waals surface area contributed by atoms with E-state index in [2.05, 4.69) is 156 Å². The molecule has 0 spiro atoms. The van der Waals surface area contributed by atoms with E-state index in [4.69, 9.17) is 0 Å². The fourth-order valence-corrected chi connectivity index (χ4v) is 6.81. The molecule has 1 heterocycles. The van der Waals surface area contributed by atoms with Gasteiger partial charge in [-0.25, -0.2) is 0 Å². The summed E-state index contributed by atoms with van der Waals surface area (Å²) in [5, 5.41) is 15.3. The van der Waals surface area contributed by atoms with E-state index in [1.54, 1.807) is 0 Å². The predicted octanol–water partition coefficient (Wildman–Crippen LogP) is 11.1. The summed E-state index contributed by atoms with van der Waals surface area (Å²) < 4.78 is 2.38. The van der Waals surface area contributed by atoms with Gasteiger partial charge in [-0.05, 0) is 102 Å². The molecule has 0 atom stereocenters. The van der Waals surface area contributed by atoms with Gasteiger partial charge in [-0.1, -0.05) is 103 Å². The lowest BCUT2D eigenvalue weighted by atomic mass is 9.94. The molecule has 0 N–H and O–H groups in total. The Kier molecular flexibility index (Phi) is 4.67. The Morgan fingerprint density at radius 3 is 1.51 bits per heavy atom. The van der Waals surface area contributed by atoms with E-state index in [0.29, 0.717) is 0 Å². The zero-order chi connectivity index (χ0) is 26.9. The molecule has 1 aromatic heterocycles. The summed E-state index contributed by atoms with van der Waals surface area (Å²) in [7, 11) is 0. The van der Waals surface area contributed by atoms with Gasteiger partial charge >= 0.3 is 0 Å². The first-order valence-corrected chi connectivity index (χ1v) is 14.2. The molecule has 0 saturated carbocycles. The lowest BCUT2D eigenvalue weighted by molar-refractivity contribution is 1.10. The van der Waals surface area contributed by atoms with Crippen molar-refractivity contribution in [2.45, 2.75) is 0 Å². The molecular formula is C40H25N. The minimum Gasteiger partial charge on any atom is -0.316 e. The standard InChI is InChI=1S/C40H25N/c1-3-10-30-24-35-32(22-28(30)8-1)19-17-26-12-5-14-34(39(26)35)37-16-7-21-41(37)38-15-6-13-27-18-20-33-23-29-9-2-4-11-31(29)25-36(33)40(27)38/h1-25H. The molecule has 9 rings (SSSR count). The Hall–Kier alpha value is -5.40. The van der Waals surface area contributed by atoms with Gasteiger partial charge in [0.05, 0.1) is 11.4 Å². The quantitative estimate of drug-likeness (QED) is 0.158. The average Bonchev–Trinajstić information content (AvgIpc) is 3.52. The van der Waals surface area contributed by atoms with Crippen molar-refractivity contribution in [1.82, 2.24) is 4.57 Å². The summed E-state index contributed by atoms with van der Waals surface area (Å²) in [4.78, 5) is 0. The number of fused-ring (bicyclic) bond motifs is 8. The van der Waals surface area contributed by atoms with Crippen LogP contribution in [0.5, 0.6) is 0 Å². The van der Waals surface area contributed by atoms with Crippen molar-refractivity contribution < 1.29 is 0 Å². The van der Waals surface area contributed by atoms with Crippen molar-refractivity contribution in [3.8, 4) is 16.9 Å². The van der Waals surface area contributed by atoms with E-state index in [-0.39, 0.29) is 0 Å². The number of hydrogen-bond acceptors (Lipinski definition) is 0. The number of benzene rings is 8. The SMILES string of the molecule is c1ccc2cc3c(ccc4cccc(-c5cccn5-c5cccc6ccc7cc8ccccc8cc7c56)c43)cc2c1. The maximum absolute atomic E-state index is 2.38. The molecular weight excluding hydrogens is 494 g/mol. The van der Waals surface area contributed by atoms with Crippen molar-refractivity contribution in [3.05, 3.63) is 152 Å². The Bertz CT molecular complexity index is 2300. The second kappa shape index (κ2) is 8.55. The van der Waals surface area contributed by atoms with Gasteiger partial charge in [0.25, 0.3) is 0 Å². The number of hydrogen-bond donors (Lipinski definition) is 0. The molecule has 0 fully saturated rings.